The Morgan fingerprint density at radius 3 is 2.96 bits per heavy atom. The van der Waals surface area contributed by atoms with Crippen molar-refractivity contribution in [1.29, 1.82) is 0 Å². The van der Waals surface area contributed by atoms with Crippen LogP contribution in [0.3, 0.4) is 0 Å². The highest BCUT2D eigenvalue weighted by Crippen LogP contribution is 2.35. The molecule has 2 unspecified atom stereocenters. The van der Waals surface area contributed by atoms with Crippen molar-refractivity contribution < 1.29 is 9.53 Å². The van der Waals surface area contributed by atoms with Crippen LogP contribution in [0.4, 0.5) is 5.95 Å². The van der Waals surface area contributed by atoms with Crippen molar-refractivity contribution in [1.82, 2.24) is 9.97 Å². The zero-order valence-corrected chi connectivity index (χ0v) is 14.6. The van der Waals surface area contributed by atoms with E-state index in [0.717, 1.165) is 30.7 Å². The van der Waals surface area contributed by atoms with Gasteiger partial charge in [-0.25, -0.2) is 9.97 Å². The van der Waals surface area contributed by atoms with Crippen molar-refractivity contribution in [3.63, 3.8) is 0 Å². The summed E-state index contributed by atoms with van der Waals surface area (Å²) < 4.78 is 5.61. The highest BCUT2D eigenvalue weighted by Gasteiger charge is 2.29. The maximum atomic E-state index is 12.5. The van der Waals surface area contributed by atoms with Crippen LogP contribution in [0.5, 0.6) is 0 Å². The fourth-order valence-corrected chi connectivity index (χ4v) is 3.86. The third-order valence-electron chi connectivity index (χ3n) is 4.90. The van der Waals surface area contributed by atoms with Crippen LogP contribution in [0.1, 0.15) is 46.8 Å². The Hall–Kier alpha value is -1.98. The summed E-state index contributed by atoms with van der Waals surface area (Å²) in [5.41, 5.74) is 2.44. The molecule has 0 spiro atoms. The lowest BCUT2D eigenvalue weighted by Gasteiger charge is -2.24. The third kappa shape index (κ3) is 3.53. The highest BCUT2D eigenvalue weighted by molar-refractivity contribution is 6.31. The van der Waals surface area contributed by atoms with Gasteiger partial charge in [0.2, 0.25) is 5.95 Å². The first-order valence-electron chi connectivity index (χ1n) is 8.69. The van der Waals surface area contributed by atoms with Crippen LogP contribution in [0, 0.1) is 0 Å². The van der Waals surface area contributed by atoms with Crippen LogP contribution in [0.15, 0.2) is 30.5 Å². The van der Waals surface area contributed by atoms with Gasteiger partial charge in [0.05, 0.1) is 17.4 Å². The second kappa shape index (κ2) is 7.10. The lowest BCUT2D eigenvalue weighted by Crippen LogP contribution is -2.23. The van der Waals surface area contributed by atoms with Crippen molar-refractivity contribution in [3.05, 3.63) is 52.3 Å². The van der Waals surface area contributed by atoms with E-state index in [1.54, 1.807) is 6.20 Å². The Kier molecular flexibility index (Phi) is 4.68. The molecule has 6 heteroatoms. The molecule has 25 heavy (non-hydrogen) atoms. The molecular weight excluding hydrogens is 338 g/mol. The van der Waals surface area contributed by atoms with Crippen LogP contribution in [0.25, 0.3) is 0 Å². The minimum Gasteiger partial charge on any atom is -0.376 e. The van der Waals surface area contributed by atoms with Crippen molar-refractivity contribution in [3.8, 4) is 0 Å². The minimum atomic E-state index is 0.0645. The predicted molar refractivity (Wildman–Crippen MR) is 96.3 cm³/mol. The molecule has 1 aromatic heterocycles. The number of fused-ring (bicyclic) bond motifs is 1. The summed E-state index contributed by atoms with van der Waals surface area (Å²) in [5, 5.41) is 3.94. The van der Waals surface area contributed by atoms with Gasteiger partial charge in [0, 0.05) is 30.8 Å². The summed E-state index contributed by atoms with van der Waals surface area (Å²) in [6.45, 7) is 1.52. The van der Waals surface area contributed by atoms with Gasteiger partial charge in [0.15, 0.2) is 5.78 Å². The van der Waals surface area contributed by atoms with Crippen LogP contribution >= 0.6 is 11.6 Å². The number of anilines is 1. The highest BCUT2D eigenvalue weighted by atomic mass is 35.5. The fraction of sp³-hybridized carbons (Fsp3) is 0.421. The van der Waals surface area contributed by atoms with Gasteiger partial charge >= 0.3 is 0 Å². The number of ether oxygens (including phenoxy) is 1. The van der Waals surface area contributed by atoms with Gasteiger partial charge in [-0.1, -0.05) is 29.8 Å². The topological polar surface area (TPSA) is 64.1 Å². The van der Waals surface area contributed by atoms with Crippen molar-refractivity contribution in [2.45, 2.75) is 37.7 Å². The molecule has 130 valence electrons. The molecule has 5 nitrogen and oxygen atoms in total. The number of nitrogens with zero attached hydrogens (tertiary/aromatic N) is 2. The van der Waals surface area contributed by atoms with E-state index in [1.807, 2.05) is 24.3 Å². The monoisotopic (exact) mass is 357 g/mol. The van der Waals surface area contributed by atoms with E-state index >= 15 is 0 Å². The SMILES string of the molecule is O=C1CC(c2ccccc2Cl)Cc2nc(NCC3CCCO3)ncc21. The summed E-state index contributed by atoms with van der Waals surface area (Å²) >= 11 is 6.32. The number of rotatable bonds is 4. The molecule has 1 aromatic carbocycles. The second-order valence-corrected chi connectivity index (χ2v) is 7.03. The van der Waals surface area contributed by atoms with E-state index in [0.29, 0.717) is 35.9 Å². The molecule has 1 N–H and O–H groups in total. The molecular formula is C19H20ClN3O2. The van der Waals surface area contributed by atoms with Crippen LogP contribution in [-0.2, 0) is 11.2 Å². The Morgan fingerprint density at radius 1 is 1.28 bits per heavy atom. The number of carbonyl (C=O) groups is 1. The number of carbonyl (C=O) groups excluding carboxylic acids is 1. The van der Waals surface area contributed by atoms with Gasteiger partial charge < -0.3 is 10.1 Å². The van der Waals surface area contributed by atoms with E-state index in [-0.39, 0.29) is 17.8 Å². The molecule has 0 amide bonds. The first-order chi connectivity index (χ1) is 12.2. The number of aromatic nitrogens is 2. The summed E-state index contributed by atoms with van der Waals surface area (Å²) in [6, 6.07) is 7.71. The zero-order chi connectivity index (χ0) is 17.2. The van der Waals surface area contributed by atoms with E-state index in [1.165, 1.54) is 0 Å². The Morgan fingerprint density at radius 2 is 2.16 bits per heavy atom. The van der Waals surface area contributed by atoms with Crippen molar-refractivity contribution in [2.24, 2.45) is 0 Å². The molecule has 0 radical (unpaired) electrons. The molecule has 1 aliphatic heterocycles. The first-order valence-corrected chi connectivity index (χ1v) is 9.07. The standard InChI is InChI=1S/C19H20ClN3O2/c20-16-6-2-1-5-14(16)12-8-17-15(18(24)9-12)11-22-19(23-17)21-10-13-4-3-7-25-13/h1-2,5-6,11-13H,3-4,7-10H2,(H,21,22,23). The number of hydrogen-bond donors (Lipinski definition) is 1. The summed E-state index contributed by atoms with van der Waals surface area (Å²) in [4.78, 5) is 21.4. The number of hydrogen-bond acceptors (Lipinski definition) is 5. The maximum absolute atomic E-state index is 12.5. The van der Waals surface area contributed by atoms with Crippen molar-refractivity contribution >= 4 is 23.3 Å². The average Bonchev–Trinajstić information content (AvgIpc) is 3.13. The average molecular weight is 358 g/mol. The van der Waals surface area contributed by atoms with E-state index in [2.05, 4.69) is 15.3 Å². The third-order valence-corrected chi connectivity index (χ3v) is 5.24. The maximum Gasteiger partial charge on any atom is 0.222 e. The Bertz CT molecular complexity index is 790. The van der Waals surface area contributed by atoms with Crippen LogP contribution in [-0.4, -0.2) is 35.0 Å². The van der Waals surface area contributed by atoms with Crippen molar-refractivity contribution in [2.75, 3.05) is 18.5 Å². The molecule has 2 atom stereocenters. The lowest BCUT2D eigenvalue weighted by atomic mass is 9.82. The predicted octanol–water partition coefficient (Wildman–Crippen LogP) is 3.63. The zero-order valence-electron chi connectivity index (χ0n) is 13.9. The number of benzene rings is 1. The van der Waals surface area contributed by atoms with Gasteiger partial charge in [0.1, 0.15) is 0 Å². The molecule has 1 aliphatic carbocycles. The number of ketones is 1. The number of nitrogens with one attached hydrogen (secondary N) is 1. The normalized spacial score (nSPS) is 22.7. The fourth-order valence-electron chi connectivity index (χ4n) is 3.57. The summed E-state index contributed by atoms with van der Waals surface area (Å²) in [6.07, 6.45) is 5.17. The summed E-state index contributed by atoms with van der Waals surface area (Å²) in [7, 11) is 0. The van der Waals surface area contributed by atoms with E-state index in [4.69, 9.17) is 16.3 Å². The van der Waals surface area contributed by atoms with Gasteiger partial charge in [0.25, 0.3) is 0 Å². The molecule has 4 rings (SSSR count). The smallest absolute Gasteiger partial charge is 0.222 e. The molecule has 1 saturated heterocycles. The largest absolute Gasteiger partial charge is 0.376 e. The van der Waals surface area contributed by atoms with Gasteiger partial charge in [-0.05, 0) is 36.8 Å². The summed E-state index contributed by atoms with van der Waals surface area (Å²) in [5.74, 6) is 0.702. The quantitative estimate of drug-likeness (QED) is 0.905. The van der Waals surface area contributed by atoms with Gasteiger partial charge in [-0.2, -0.15) is 0 Å². The lowest BCUT2D eigenvalue weighted by molar-refractivity contribution is 0.0962. The molecule has 2 heterocycles. The Labute approximate surface area is 151 Å². The van der Waals surface area contributed by atoms with Gasteiger partial charge in [-0.3, -0.25) is 4.79 Å². The first kappa shape index (κ1) is 16.5. The second-order valence-electron chi connectivity index (χ2n) is 6.62. The van der Waals surface area contributed by atoms with E-state index in [9.17, 15) is 4.79 Å². The molecule has 0 saturated carbocycles. The minimum absolute atomic E-state index is 0.0645. The number of halogens is 1. The van der Waals surface area contributed by atoms with Gasteiger partial charge in [-0.15, -0.1) is 0 Å². The molecule has 2 aromatic rings. The number of Topliss-reactive ketones (excluding diaryl/α,β-unsaturated/α-hetero) is 1. The Balaban J connectivity index is 1.53. The molecule has 1 fully saturated rings. The molecule has 0 bridgehead atoms. The van der Waals surface area contributed by atoms with E-state index < -0.39 is 0 Å². The van der Waals surface area contributed by atoms with Crippen LogP contribution in [0.2, 0.25) is 5.02 Å². The molecule has 2 aliphatic rings. The van der Waals surface area contributed by atoms with Crippen LogP contribution < -0.4 is 5.32 Å².